The Kier molecular flexibility index (Phi) is 4.80. The molecule has 0 aliphatic carbocycles. The van der Waals surface area contributed by atoms with Gasteiger partial charge in [0.25, 0.3) is 11.8 Å². The van der Waals surface area contributed by atoms with Crippen LogP contribution in [0.5, 0.6) is 0 Å². The van der Waals surface area contributed by atoms with Crippen molar-refractivity contribution in [2.45, 2.75) is 33.6 Å². The highest BCUT2D eigenvalue weighted by molar-refractivity contribution is 6.45. The number of rotatable bonds is 3. The first-order chi connectivity index (χ1) is 13.5. The molecule has 2 aliphatic heterocycles. The van der Waals surface area contributed by atoms with Gasteiger partial charge in [0.05, 0.1) is 11.3 Å². The Labute approximate surface area is 166 Å². The number of aryl methyl sites for hydroxylation is 2. The number of hydrogen-bond donors (Lipinski definition) is 0. The van der Waals surface area contributed by atoms with Crippen LogP contribution in [0.3, 0.4) is 0 Å². The van der Waals surface area contributed by atoms with Gasteiger partial charge in [-0.05, 0) is 55.9 Å². The highest BCUT2D eigenvalue weighted by atomic mass is 16.2. The van der Waals surface area contributed by atoms with E-state index in [0.717, 1.165) is 42.6 Å². The molecule has 144 valence electrons. The summed E-state index contributed by atoms with van der Waals surface area (Å²) in [5.74, 6) is 0.0735. The summed E-state index contributed by atoms with van der Waals surface area (Å²) in [4.78, 5) is 30.4. The predicted octanol–water partition coefficient (Wildman–Crippen LogP) is 4.32. The number of benzene rings is 2. The number of carbonyl (C=O) groups is 2. The van der Waals surface area contributed by atoms with Crippen molar-refractivity contribution in [2.24, 2.45) is 5.92 Å². The van der Waals surface area contributed by atoms with Crippen LogP contribution >= 0.6 is 0 Å². The summed E-state index contributed by atoms with van der Waals surface area (Å²) in [6.45, 7) is 7.82. The lowest BCUT2D eigenvalue weighted by atomic mass is 9.97. The first kappa shape index (κ1) is 18.5. The van der Waals surface area contributed by atoms with Crippen molar-refractivity contribution in [2.75, 3.05) is 18.0 Å². The zero-order valence-electron chi connectivity index (χ0n) is 16.7. The van der Waals surface area contributed by atoms with E-state index in [1.54, 1.807) is 0 Å². The third-order valence-electron chi connectivity index (χ3n) is 5.63. The van der Waals surface area contributed by atoms with Crippen LogP contribution in [0.15, 0.2) is 54.2 Å². The number of carbonyl (C=O) groups excluding carboxylic acids is 2. The van der Waals surface area contributed by atoms with Crippen LogP contribution in [0, 0.1) is 19.8 Å². The van der Waals surface area contributed by atoms with E-state index in [1.807, 2.05) is 62.4 Å². The molecule has 0 spiro atoms. The van der Waals surface area contributed by atoms with Crippen LogP contribution in [-0.4, -0.2) is 29.8 Å². The molecule has 0 radical (unpaired) electrons. The lowest BCUT2D eigenvalue weighted by Crippen LogP contribution is -2.39. The first-order valence-corrected chi connectivity index (χ1v) is 9.97. The van der Waals surface area contributed by atoms with Crippen LogP contribution in [0.25, 0.3) is 5.57 Å². The molecule has 0 N–H and O–H groups in total. The molecule has 1 unspecified atom stereocenters. The molecule has 2 aliphatic rings. The van der Waals surface area contributed by atoms with Gasteiger partial charge in [-0.3, -0.25) is 9.59 Å². The van der Waals surface area contributed by atoms with Gasteiger partial charge < -0.3 is 4.90 Å². The lowest BCUT2D eigenvalue weighted by molar-refractivity contribution is -0.120. The molecule has 28 heavy (non-hydrogen) atoms. The smallest absolute Gasteiger partial charge is 0.282 e. The van der Waals surface area contributed by atoms with Gasteiger partial charge in [0.1, 0.15) is 5.70 Å². The van der Waals surface area contributed by atoms with Gasteiger partial charge in [0, 0.05) is 13.1 Å². The molecule has 1 atom stereocenters. The topological polar surface area (TPSA) is 40.6 Å². The Morgan fingerprint density at radius 2 is 1.68 bits per heavy atom. The summed E-state index contributed by atoms with van der Waals surface area (Å²) >= 11 is 0. The van der Waals surface area contributed by atoms with Crippen molar-refractivity contribution in [1.29, 1.82) is 0 Å². The van der Waals surface area contributed by atoms with Crippen LogP contribution < -0.4 is 4.90 Å². The molecule has 1 saturated heterocycles. The quantitative estimate of drug-likeness (QED) is 0.751. The van der Waals surface area contributed by atoms with E-state index in [9.17, 15) is 9.59 Å². The maximum Gasteiger partial charge on any atom is 0.282 e. The van der Waals surface area contributed by atoms with E-state index in [1.165, 1.54) is 4.90 Å². The van der Waals surface area contributed by atoms with Gasteiger partial charge in [0.15, 0.2) is 0 Å². The maximum absolute atomic E-state index is 13.5. The third-order valence-corrected chi connectivity index (χ3v) is 5.63. The number of anilines is 1. The number of piperidine rings is 1. The average Bonchev–Trinajstić information content (AvgIpc) is 2.93. The number of nitrogens with zero attached hydrogens (tertiary/aromatic N) is 2. The van der Waals surface area contributed by atoms with E-state index >= 15 is 0 Å². The number of hydrogen-bond acceptors (Lipinski definition) is 3. The van der Waals surface area contributed by atoms with Crippen LogP contribution in [0.2, 0.25) is 0 Å². The van der Waals surface area contributed by atoms with E-state index in [4.69, 9.17) is 0 Å². The molecular weight excluding hydrogens is 348 g/mol. The molecule has 0 bridgehead atoms. The lowest BCUT2D eigenvalue weighted by Gasteiger charge is -2.33. The Morgan fingerprint density at radius 1 is 0.929 bits per heavy atom. The van der Waals surface area contributed by atoms with Gasteiger partial charge in [-0.25, -0.2) is 4.90 Å². The monoisotopic (exact) mass is 374 g/mol. The molecule has 2 aromatic rings. The standard InChI is InChI=1S/C24H26N2O2/c1-16-9-11-19(12-10-16)21-22(25-13-5-7-18(3)15-25)24(28)26(23(21)27)20-8-4-6-17(2)14-20/h4,6,8-12,14,18H,5,7,13,15H2,1-3H3. The number of imide groups is 1. The van der Waals surface area contributed by atoms with Crippen molar-refractivity contribution >= 4 is 23.1 Å². The van der Waals surface area contributed by atoms with Crippen molar-refractivity contribution in [3.63, 3.8) is 0 Å². The largest absolute Gasteiger partial charge is 0.366 e. The third kappa shape index (κ3) is 3.24. The van der Waals surface area contributed by atoms with Crippen LogP contribution in [0.1, 0.15) is 36.5 Å². The Morgan fingerprint density at radius 3 is 2.36 bits per heavy atom. The summed E-state index contributed by atoms with van der Waals surface area (Å²) < 4.78 is 0. The Bertz CT molecular complexity index is 959. The summed E-state index contributed by atoms with van der Waals surface area (Å²) in [6, 6.07) is 15.5. The van der Waals surface area contributed by atoms with Crippen molar-refractivity contribution in [3.8, 4) is 0 Å². The Hall–Kier alpha value is -2.88. The minimum atomic E-state index is -0.229. The Balaban J connectivity index is 1.83. The molecule has 4 rings (SSSR count). The summed E-state index contributed by atoms with van der Waals surface area (Å²) in [7, 11) is 0. The minimum Gasteiger partial charge on any atom is -0.366 e. The van der Waals surface area contributed by atoms with Crippen molar-refractivity contribution < 1.29 is 9.59 Å². The zero-order chi connectivity index (χ0) is 19.8. The normalized spacial score (nSPS) is 20.3. The molecule has 2 aromatic carbocycles. The van der Waals surface area contributed by atoms with Crippen LogP contribution in [-0.2, 0) is 9.59 Å². The molecule has 0 saturated carbocycles. The minimum absolute atomic E-state index is 0.208. The molecule has 2 heterocycles. The van der Waals surface area contributed by atoms with Crippen molar-refractivity contribution in [1.82, 2.24) is 4.90 Å². The number of likely N-dealkylation sites (tertiary alicyclic amines) is 1. The molecule has 2 amide bonds. The predicted molar refractivity (Wildman–Crippen MR) is 112 cm³/mol. The van der Waals surface area contributed by atoms with Gasteiger partial charge in [-0.15, -0.1) is 0 Å². The second-order valence-corrected chi connectivity index (χ2v) is 8.07. The fraction of sp³-hybridized carbons (Fsp3) is 0.333. The molecule has 4 heteroatoms. The van der Waals surface area contributed by atoms with Crippen LogP contribution in [0.4, 0.5) is 5.69 Å². The van der Waals surface area contributed by atoms with Gasteiger partial charge in [-0.1, -0.05) is 48.9 Å². The van der Waals surface area contributed by atoms with Gasteiger partial charge in [0.2, 0.25) is 0 Å². The van der Waals surface area contributed by atoms with E-state index in [0.29, 0.717) is 22.9 Å². The SMILES string of the molecule is Cc1ccc(C2=C(N3CCCC(C)C3)C(=O)N(c3cccc(C)c3)C2=O)cc1. The molecular formula is C24H26N2O2. The maximum atomic E-state index is 13.5. The van der Waals surface area contributed by atoms with E-state index in [-0.39, 0.29) is 11.8 Å². The fourth-order valence-electron chi connectivity index (χ4n) is 4.19. The molecule has 4 nitrogen and oxygen atoms in total. The highest BCUT2D eigenvalue weighted by Crippen LogP contribution is 2.36. The fourth-order valence-corrected chi connectivity index (χ4v) is 4.19. The number of amides is 2. The molecule has 1 fully saturated rings. The van der Waals surface area contributed by atoms with Crippen molar-refractivity contribution in [3.05, 3.63) is 70.9 Å². The van der Waals surface area contributed by atoms with E-state index < -0.39 is 0 Å². The molecule has 0 aromatic heterocycles. The van der Waals surface area contributed by atoms with Gasteiger partial charge in [-0.2, -0.15) is 0 Å². The summed E-state index contributed by atoms with van der Waals surface area (Å²) in [6.07, 6.45) is 2.20. The van der Waals surface area contributed by atoms with E-state index in [2.05, 4.69) is 11.8 Å². The first-order valence-electron chi connectivity index (χ1n) is 9.97. The zero-order valence-corrected chi connectivity index (χ0v) is 16.7. The second-order valence-electron chi connectivity index (χ2n) is 8.07. The average molecular weight is 374 g/mol. The summed E-state index contributed by atoms with van der Waals surface area (Å²) in [5.41, 5.74) is 4.69. The highest BCUT2D eigenvalue weighted by Gasteiger charge is 2.43. The summed E-state index contributed by atoms with van der Waals surface area (Å²) in [5, 5.41) is 0. The van der Waals surface area contributed by atoms with Gasteiger partial charge >= 0.3 is 0 Å². The second kappa shape index (κ2) is 7.27.